The van der Waals surface area contributed by atoms with Gasteiger partial charge in [-0.2, -0.15) is 4.98 Å². The van der Waals surface area contributed by atoms with Crippen molar-refractivity contribution in [2.75, 3.05) is 46.1 Å². The Morgan fingerprint density at radius 2 is 1.86 bits per heavy atom. The Bertz CT molecular complexity index is 1430. The van der Waals surface area contributed by atoms with Gasteiger partial charge in [0.05, 0.1) is 25.3 Å². The highest BCUT2D eigenvalue weighted by Crippen LogP contribution is 2.39. The fourth-order valence-corrected chi connectivity index (χ4v) is 5.52. The summed E-state index contributed by atoms with van der Waals surface area (Å²) in [7, 11) is 3.06. The summed E-state index contributed by atoms with van der Waals surface area (Å²) in [5, 5.41) is 0.995. The molecule has 2 aliphatic rings. The van der Waals surface area contributed by atoms with Crippen LogP contribution in [0.1, 0.15) is 18.9 Å². The van der Waals surface area contributed by atoms with Crippen LogP contribution in [0.2, 0.25) is 5.02 Å². The van der Waals surface area contributed by atoms with Gasteiger partial charge in [0.1, 0.15) is 17.1 Å². The van der Waals surface area contributed by atoms with E-state index in [1.807, 2.05) is 4.90 Å². The van der Waals surface area contributed by atoms with Gasteiger partial charge in [-0.3, -0.25) is 19.1 Å². The second-order valence-corrected chi connectivity index (χ2v) is 9.68. The summed E-state index contributed by atoms with van der Waals surface area (Å²) in [6.07, 6.45) is 4.75. The number of fused-ring (bicyclic) bond motifs is 1. The maximum atomic E-state index is 14.0. The van der Waals surface area contributed by atoms with E-state index in [0.717, 1.165) is 12.8 Å². The van der Waals surface area contributed by atoms with Gasteiger partial charge in [0.25, 0.3) is 5.56 Å². The van der Waals surface area contributed by atoms with Crippen LogP contribution in [0.25, 0.3) is 22.2 Å². The second kappa shape index (κ2) is 10.0. The molecule has 2 fully saturated rings. The van der Waals surface area contributed by atoms with Crippen LogP contribution in [0.5, 0.6) is 11.5 Å². The number of carbonyl (C=O) groups is 1. The molecule has 0 aliphatic carbocycles. The molecule has 11 heteroatoms. The van der Waals surface area contributed by atoms with E-state index in [9.17, 15) is 9.59 Å². The molecule has 0 saturated carbocycles. The van der Waals surface area contributed by atoms with Crippen molar-refractivity contribution in [3.63, 3.8) is 0 Å². The highest BCUT2D eigenvalue weighted by molar-refractivity contribution is 6.35. The van der Waals surface area contributed by atoms with Crippen molar-refractivity contribution in [2.45, 2.75) is 24.9 Å². The highest BCUT2D eigenvalue weighted by atomic mass is 35.5. The minimum Gasteiger partial charge on any atom is -0.497 e. The molecule has 5 rings (SSSR count). The van der Waals surface area contributed by atoms with Crippen molar-refractivity contribution in [1.82, 2.24) is 24.3 Å². The van der Waals surface area contributed by atoms with Gasteiger partial charge in [0, 0.05) is 61.0 Å². The Hall–Kier alpha value is -3.63. The molecule has 0 spiro atoms. The van der Waals surface area contributed by atoms with Gasteiger partial charge in [-0.1, -0.05) is 18.2 Å². The number of nitrogens with zero attached hydrogens (tertiary/aromatic N) is 5. The lowest BCUT2D eigenvalue weighted by Gasteiger charge is -2.47. The predicted molar refractivity (Wildman–Crippen MR) is 142 cm³/mol. The number of piperidine rings is 1. The topological polar surface area (TPSA) is 116 Å². The van der Waals surface area contributed by atoms with Gasteiger partial charge in [-0.05, 0) is 31.1 Å². The molecular weight excluding hydrogens is 496 g/mol. The van der Waals surface area contributed by atoms with Crippen LogP contribution in [0, 0.1) is 0 Å². The van der Waals surface area contributed by atoms with Crippen LogP contribution < -0.4 is 20.8 Å². The number of hydrogen-bond acceptors (Lipinski definition) is 8. The first-order chi connectivity index (χ1) is 17.8. The molecule has 1 amide bonds. The third-order valence-corrected chi connectivity index (χ3v) is 7.66. The van der Waals surface area contributed by atoms with Gasteiger partial charge < -0.3 is 20.1 Å². The number of likely N-dealkylation sites (tertiary alicyclic amines) is 2. The van der Waals surface area contributed by atoms with Crippen LogP contribution in [0.15, 0.2) is 41.8 Å². The van der Waals surface area contributed by atoms with E-state index < -0.39 is 0 Å². The van der Waals surface area contributed by atoms with Crippen molar-refractivity contribution in [3.8, 4) is 22.6 Å². The zero-order valence-corrected chi connectivity index (χ0v) is 21.6. The number of amides is 1. The smallest absolute Gasteiger partial charge is 0.260 e. The van der Waals surface area contributed by atoms with Crippen LogP contribution in [0.4, 0.5) is 5.95 Å². The number of nitrogen functional groups attached to an aromatic ring is 1. The van der Waals surface area contributed by atoms with Gasteiger partial charge >= 0.3 is 0 Å². The minimum absolute atomic E-state index is 0.0279. The summed E-state index contributed by atoms with van der Waals surface area (Å²) in [5.74, 6) is 1.00. The summed E-state index contributed by atoms with van der Waals surface area (Å²) in [6.45, 7) is 6.37. The number of pyridine rings is 1. The molecule has 1 aromatic carbocycles. The average Bonchev–Trinajstić information content (AvgIpc) is 2.89. The zero-order chi connectivity index (χ0) is 26.3. The molecule has 3 aromatic rings. The van der Waals surface area contributed by atoms with Crippen molar-refractivity contribution in [2.24, 2.45) is 0 Å². The molecule has 2 aromatic heterocycles. The predicted octanol–water partition coefficient (Wildman–Crippen LogP) is 2.75. The van der Waals surface area contributed by atoms with Crippen molar-refractivity contribution in [3.05, 3.63) is 52.4 Å². The first-order valence-corrected chi connectivity index (χ1v) is 12.5. The van der Waals surface area contributed by atoms with Gasteiger partial charge in [-0.25, -0.2) is 4.98 Å². The number of rotatable bonds is 6. The van der Waals surface area contributed by atoms with E-state index in [4.69, 9.17) is 26.8 Å². The van der Waals surface area contributed by atoms with Crippen LogP contribution in [-0.2, 0) is 4.79 Å². The fraction of sp³-hybridized carbons (Fsp3) is 0.385. The quantitative estimate of drug-likeness (QED) is 0.489. The van der Waals surface area contributed by atoms with Gasteiger partial charge in [-0.15, -0.1) is 0 Å². The van der Waals surface area contributed by atoms with Crippen LogP contribution >= 0.6 is 11.6 Å². The Balaban J connectivity index is 1.50. The van der Waals surface area contributed by atoms with Crippen LogP contribution in [0.3, 0.4) is 0 Å². The second-order valence-electron chi connectivity index (χ2n) is 9.30. The van der Waals surface area contributed by atoms with E-state index in [-0.39, 0.29) is 23.5 Å². The number of benzene rings is 1. The molecule has 0 radical (unpaired) electrons. The number of ether oxygens (including phenoxy) is 2. The Morgan fingerprint density at radius 3 is 2.51 bits per heavy atom. The number of anilines is 1. The van der Waals surface area contributed by atoms with Crippen LogP contribution in [-0.4, -0.2) is 76.7 Å². The minimum atomic E-state index is -0.223. The molecule has 37 heavy (non-hydrogen) atoms. The maximum absolute atomic E-state index is 14.0. The lowest BCUT2D eigenvalue weighted by Crippen LogP contribution is -2.57. The Morgan fingerprint density at radius 1 is 1.14 bits per heavy atom. The standard InChI is InChI=1S/C26H29ClN6O4/c1-4-22(34)31-7-5-16(6-8-31)32-13-17(14-32)33-24-15(12-29-26(28)30-24)9-20(25(33)35)19-10-18(36-2)11-21(37-3)23(19)27/h4,9-12,16-17H,1,5-8,13-14H2,2-3H3,(H2,28,29,30). The number of hydrogen-bond donors (Lipinski definition) is 1. The highest BCUT2D eigenvalue weighted by Gasteiger charge is 2.37. The first kappa shape index (κ1) is 25.0. The average molecular weight is 525 g/mol. The summed E-state index contributed by atoms with van der Waals surface area (Å²) < 4.78 is 12.5. The molecule has 0 bridgehead atoms. The fourth-order valence-electron chi connectivity index (χ4n) is 5.23. The lowest BCUT2D eigenvalue weighted by atomic mass is 9.96. The molecule has 2 saturated heterocycles. The molecular formula is C26H29ClN6O4. The molecule has 2 aliphatic heterocycles. The van der Waals surface area contributed by atoms with E-state index in [0.29, 0.717) is 70.9 Å². The van der Waals surface area contributed by atoms with Gasteiger partial charge in [0.2, 0.25) is 11.9 Å². The largest absolute Gasteiger partial charge is 0.497 e. The molecule has 10 nitrogen and oxygen atoms in total. The third-order valence-electron chi connectivity index (χ3n) is 7.27. The first-order valence-electron chi connectivity index (χ1n) is 12.1. The molecule has 4 heterocycles. The third kappa shape index (κ3) is 4.51. The lowest BCUT2D eigenvalue weighted by molar-refractivity contribution is -0.127. The Kier molecular flexibility index (Phi) is 6.78. The number of methoxy groups -OCH3 is 2. The maximum Gasteiger partial charge on any atom is 0.260 e. The van der Waals surface area contributed by atoms with Crippen molar-refractivity contribution < 1.29 is 14.3 Å². The Labute approximate surface area is 219 Å². The molecule has 194 valence electrons. The SMILES string of the molecule is C=CC(=O)N1CCC(N2CC(n3c(=O)c(-c4cc(OC)cc(OC)c4Cl)cc4cnc(N)nc43)C2)CC1. The van der Waals surface area contributed by atoms with Crippen molar-refractivity contribution in [1.29, 1.82) is 0 Å². The molecule has 2 N–H and O–H groups in total. The molecule has 0 unspecified atom stereocenters. The van der Waals surface area contributed by atoms with E-state index in [1.54, 1.807) is 36.1 Å². The van der Waals surface area contributed by atoms with E-state index in [1.165, 1.54) is 13.2 Å². The summed E-state index contributed by atoms with van der Waals surface area (Å²) >= 11 is 6.65. The van der Waals surface area contributed by atoms with E-state index in [2.05, 4.69) is 21.4 Å². The summed E-state index contributed by atoms with van der Waals surface area (Å²) in [4.78, 5) is 38.6. The summed E-state index contributed by atoms with van der Waals surface area (Å²) in [6, 6.07) is 5.39. The summed E-state index contributed by atoms with van der Waals surface area (Å²) in [5.41, 5.74) is 7.08. The molecule has 0 atom stereocenters. The van der Waals surface area contributed by atoms with E-state index >= 15 is 0 Å². The van der Waals surface area contributed by atoms with Gasteiger partial charge in [0.15, 0.2) is 0 Å². The zero-order valence-electron chi connectivity index (χ0n) is 20.8. The number of halogens is 1. The normalized spacial score (nSPS) is 17.0. The monoisotopic (exact) mass is 524 g/mol. The number of aromatic nitrogens is 3. The number of nitrogens with two attached hydrogens (primary N) is 1. The van der Waals surface area contributed by atoms with Crippen molar-refractivity contribution >= 4 is 34.5 Å². The number of carbonyl (C=O) groups excluding carboxylic acids is 1.